The molecule has 0 saturated heterocycles. The molecule has 3 aromatic rings. The summed E-state index contributed by atoms with van der Waals surface area (Å²) in [6.07, 6.45) is 9.57. The van der Waals surface area contributed by atoms with Crippen molar-refractivity contribution in [1.29, 1.82) is 0 Å². The van der Waals surface area contributed by atoms with E-state index in [1.807, 2.05) is 23.9 Å². The van der Waals surface area contributed by atoms with Crippen molar-refractivity contribution >= 4 is 11.6 Å². The Hall–Kier alpha value is -2.87. The number of fused-ring (bicyclic) bond motifs is 1. The standard InChI is InChI=1S/C18H21N5O3/c1-22-3-4-23-18(22)15(10-20-23)17(25)21-16(11-5-13(24)6-11)12-7-14(26-2)9-19-8-12/h3-4,7-11,13,16,24H,5-6H2,1-2H3,(H,21,25). The van der Waals surface area contributed by atoms with Gasteiger partial charge in [-0.1, -0.05) is 0 Å². The number of methoxy groups -OCH3 is 1. The number of hydrogen-bond donors (Lipinski definition) is 2. The Morgan fingerprint density at radius 2 is 2.15 bits per heavy atom. The number of aromatic nitrogens is 4. The van der Waals surface area contributed by atoms with Gasteiger partial charge in [-0.15, -0.1) is 0 Å². The van der Waals surface area contributed by atoms with Crippen molar-refractivity contribution in [3.05, 3.63) is 48.2 Å². The van der Waals surface area contributed by atoms with Crippen LogP contribution in [0.25, 0.3) is 5.65 Å². The number of ether oxygens (including phenoxy) is 1. The summed E-state index contributed by atoms with van der Waals surface area (Å²) in [6.45, 7) is 0. The number of aliphatic hydroxyl groups is 1. The smallest absolute Gasteiger partial charge is 0.257 e. The summed E-state index contributed by atoms with van der Waals surface area (Å²) in [7, 11) is 3.46. The van der Waals surface area contributed by atoms with E-state index in [0.717, 1.165) is 11.2 Å². The lowest BCUT2D eigenvalue weighted by molar-refractivity contribution is 0.0234. The first kappa shape index (κ1) is 16.6. The number of nitrogens with one attached hydrogen (secondary N) is 1. The number of aliphatic hydroxyl groups excluding tert-OH is 1. The first-order chi connectivity index (χ1) is 12.6. The summed E-state index contributed by atoms with van der Waals surface area (Å²) >= 11 is 0. The van der Waals surface area contributed by atoms with Gasteiger partial charge >= 0.3 is 0 Å². The zero-order valence-electron chi connectivity index (χ0n) is 14.7. The molecule has 1 fully saturated rings. The summed E-state index contributed by atoms with van der Waals surface area (Å²) in [5.41, 5.74) is 2.11. The highest BCUT2D eigenvalue weighted by atomic mass is 16.5. The zero-order chi connectivity index (χ0) is 18.3. The molecule has 0 bridgehead atoms. The second-order valence-electron chi connectivity index (χ2n) is 6.73. The highest BCUT2D eigenvalue weighted by Gasteiger charge is 2.36. The Bertz CT molecular complexity index is 941. The molecule has 1 atom stereocenters. The zero-order valence-corrected chi connectivity index (χ0v) is 14.7. The third-order valence-corrected chi connectivity index (χ3v) is 5.02. The highest BCUT2D eigenvalue weighted by Crippen LogP contribution is 2.38. The van der Waals surface area contributed by atoms with Crippen molar-refractivity contribution < 1.29 is 14.6 Å². The van der Waals surface area contributed by atoms with Crippen molar-refractivity contribution in [2.24, 2.45) is 13.0 Å². The number of hydrogen-bond acceptors (Lipinski definition) is 5. The fourth-order valence-corrected chi connectivity index (χ4v) is 3.52. The van der Waals surface area contributed by atoms with Crippen LogP contribution >= 0.6 is 0 Å². The molecule has 1 saturated carbocycles. The Morgan fingerprint density at radius 3 is 2.88 bits per heavy atom. The first-order valence-electron chi connectivity index (χ1n) is 8.53. The van der Waals surface area contributed by atoms with Crippen LogP contribution in [0.3, 0.4) is 0 Å². The van der Waals surface area contributed by atoms with Crippen LogP contribution in [0, 0.1) is 5.92 Å². The summed E-state index contributed by atoms with van der Waals surface area (Å²) in [4.78, 5) is 17.1. The molecule has 0 radical (unpaired) electrons. The number of carbonyl (C=O) groups is 1. The molecule has 3 aromatic heterocycles. The lowest BCUT2D eigenvalue weighted by atomic mass is 9.75. The van der Waals surface area contributed by atoms with Gasteiger partial charge in [0.2, 0.25) is 0 Å². The third kappa shape index (κ3) is 2.82. The fourth-order valence-electron chi connectivity index (χ4n) is 3.52. The summed E-state index contributed by atoms with van der Waals surface area (Å²) < 4.78 is 8.79. The largest absolute Gasteiger partial charge is 0.495 e. The highest BCUT2D eigenvalue weighted by molar-refractivity contribution is 6.00. The molecule has 136 valence electrons. The molecule has 4 rings (SSSR count). The van der Waals surface area contributed by atoms with E-state index < -0.39 is 0 Å². The van der Waals surface area contributed by atoms with E-state index in [0.29, 0.717) is 24.2 Å². The van der Waals surface area contributed by atoms with Gasteiger partial charge in [-0.2, -0.15) is 5.10 Å². The summed E-state index contributed by atoms with van der Waals surface area (Å²) in [5.74, 6) is 0.593. The van der Waals surface area contributed by atoms with E-state index in [-0.39, 0.29) is 24.0 Å². The van der Waals surface area contributed by atoms with Gasteiger partial charge in [-0.25, -0.2) is 4.52 Å². The van der Waals surface area contributed by atoms with Crippen molar-refractivity contribution in [2.45, 2.75) is 25.0 Å². The predicted octanol–water partition coefficient (Wildman–Crippen LogP) is 1.32. The molecular weight excluding hydrogens is 334 g/mol. The SMILES string of the molecule is COc1cncc(C(NC(=O)c2cnn3ccn(C)c23)C2CC(O)C2)c1. The number of carbonyl (C=O) groups excluding carboxylic acids is 1. The van der Waals surface area contributed by atoms with E-state index >= 15 is 0 Å². The summed E-state index contributed by atoms with van der Waals surface area (Å²) in [6, 6.07) is 1.63. The molecule has 0 aliphatic heterocycles. The Kier molecular flexibility index (Phi) is 4.12. The molecule has 1 amide bonds. The average Bonchev–Trinajstić information content (AvgIpc) is 3.20. The Labute approximate surface area is 150 Å². The normalized spacial score (nSPS) is 20.6. The molecule has 1 aliphatic carbocycles. The fraction of sp³-hybridized carbons (Fsp3) is 0.389. The predicted molar refractivity (Wildman–Crippen MR) is 93.9 cm³/mol. The van der Waals surface area contributed by atoms with E-state index in [2.05, 4.69) is 15.4 Å². The van der Waals surface area contributed by atoms with Gasteiger partial charge in [-0.05, 0) is 30.4 Å². The van der Waals surface area contributed by atoms with Crippen molar-refractivity contribution in [2.75, 3.05) is 7.11 Å². The van der Waals surface area contributed by atoms with Gasteiger partial charge < -0.3 is 19.7 Å². The number of pyridine rings is 1. The number of rotatable bonds is 5. The van der Waals surface area contributed by atoms with Gasteiger partial charge in [-0.3, -0.25) is 9.78 Å². The minimum atomic E-state index is -0.311. The quantitative estimate of drug-likeness (QED) is 0.720. The van der Waals surface area contributed by atoms with Gasteiger partial charge in [0.15, 0.2) is 0 Å². The maximum absolute atomic E-state index is 12.9. The third-order valence-electron chi connectivity index (χ3n) is 5.02. The van der Waals surface area contributed by atoms with E-state index in [1.54, 1.807) is 36.4 Å². The van der Waals surface area contributed by atoms with Crippen LogP contribution in [0.2, 0.25) is 0 Å². The van der Waals surface area contributed by atoms with Crippen LogP contribution in [-0.4, -0.2) is 43.4 Å². The van der Waals surface area contributed by atoms with Crippen molar-refractivity contribution in [3.63, 3.8) is 0 Å². The maximum Gasteiger partial charge on any atom is 0.257 e. The topological polar surface area (TPSA) is 93.7 Å². The molecule has 0 aromatic carbocycles. The van der Waals surface area contributed by atoms with Crippen LogP contribution in [-0.2, 0) is 7.05 Å². The average molecular weight is 355 g/mol. The van der Waals surface area contributed by atoms with Crippen molar-refractivity contribution in [3.8, 4) is 5.75 Å². The molecule has 26 heavy (non-hydrogen) atoms. The second-order valence-corrected chi connectivity index (χ2v) is 6.73. The lowest BCUT2D eigenvalue weighted by Crippen LogP contribution is -2.41. The second kappa shape index (κ2) is 6.45. The van der Waals surface area contributed by atoms with Crippen LogP contribution in [0.5, 0.6) is 5.75 Å². The summed E-state index contributed by atoms with van der Waals surface area (Å²) in [5, 5.41) is 17.0. The van der Waals surface area contributed by atoms with E-state index in [1.165, 1.54) is 0 Å². The number of aryl methyl sites for hydroxylation is 1. The minimum Gasteiger partial charge on any atom is -0.495 e. The van der Waals surface area contributed by atoms with Crippen LogP contribution in [0.1, 0.15) is 34.8 Å². The molecule has 3 heterocycles. The van der Waals surface area contributed by atoms with Gasteiger partial charge in [0.25, 0.3) is 5.91 Å². The number of nitrogens with zero attached hydrogens (tertiary/aromatic N) is 4. The van der Waals surface area contributed by atoms with Gasteiger partial charge in [0, 0.05) is 25.6 Å². The van der Waals surface area contributed by atoms with E-state index in [9.17, 15) is 9.90 Å². The Balaban J connectivity index is 1.64. The lowest BCUT2D eigenvalue weighted by Gasteiger charge is -2.38. The molecule has 8 heteroatoms. The van der Waals surface area contributed by atoms with Crippen LogP contribution < -0.4 is 10.1 Å². The monoisotopic (exact) mass is 355 g/mol. The minimum absolute atomic E-state index is 0.155. The maximum atomic E-state index is 12.9. The molecular formula is C18H21N5O3. The molecule has 8 nitrogen and oxygen atoms in total. The molecule has 1 unspecified atom stereocenters. The number of amides is 1. The number of imidazole rings is 1. The van der Waals surface area contributed by atoms with E-state index in [4.69, 9.17) is 4.74 Å². The molecule has 0 spiro atoms. The van der Waals surface area contributed by atoms with Crippen molar-refractivity contribution in [1.82, 2.24) is 24.5 Å². The molecule has 1 aliphatic rings. The van der Waals surface area contributed by atoms with Crippen LogP contribution in [0.15, 0.2) is 37.1 Å². The van der Waals surface area contributed by atoms with Gasteiger partial charge in [0.05, 0.1) is 31.6 Å². The van der Waals surface area contributed by atoms with Gasteiger partial charge in [0.1, 0.15) is 17.0 Å². The van der Waals surface area contributed by atoms with Crippen LogP contribution in [0.4, 0.5) is 0 Å². The molecule has 2 N–H and O–H groups in total. The first-order valence-corrected chi connectivity index (χ1v) is 8.53. The Morgan fingerprint density at radius 1 is 1.35 bits per heavy atom.